The Kier molecular flexibility index (Phi) is 13.9. The van der Waals surface area contributed by atoms with Crippen LogP contribution in [0.1, 0.15) is 71.3 Å². The van der Waals surface area contributed by atoms with Crippen molar-refractivity contribution in [3.05, 3.63) is 23.8 Å². The Bertz CT molecular complexity index is 872. The lowest BCUT2D eigenvalue weighted by atomic mass is 9.82. The van der Waals surface area contributed by atoms with Gasteiger partial charge >= 0.3 is 24.2 Å². The van der Waals surface area contributed by atoms with Crippen LogP contribution in [0.15, 0.2) is 18.2 Å². The monoisotopic (exact) mass is 511 g/mol. The third-order valence-electron chi connectivity index (χ3n) is 5.11. The van der Waals surface area contributed by atoms with Crippen LogP contribution in [0.2, 0.25) is 0 Å². The first kappa shape index (κ1) is 30.7. The summed E-state index contributed by atoms with van der Waals surface area (Å²) in [6.45, 7) is 7.45. The van der Waals surface area contributed by atoms with E-state index in [1.54, 1.807) is 13.8 Å². The van der Waals surface area contributed by atoms with Crippen molar-refractivity contribution in [2.45, 2.75) is 71.8 Å². The van der Waals surface area contributed by atoms with Crippen LogP contribution < -0.4 is 15.2 Å². The first-order valence-corrected chi connectivity index (χ1v) is 12.1. The van der Waals surface area contributed by atoms with Gasteiger partial charge in [0.1, 0.15) is 6.04 Å². The second kappa shape index (κ2) is 16.4. The molecule has 202 valence electrons. The van der Waals surface area contributed by atoms with Crippen molar-refractivity contribution in [1.29, 1.82) is 0 Å². The van der Waals surface area contributed by atoms with Crippen molar-refractivity contribution in [1.82, 2.24) is 0 Å². The molecule has 0 fully saturated rings. The summed E-state index contributed by atoms with van der Waals surface area (Å²) in [5.41, 5.74) is 6.36. The number of esters is 1. The molecular weight excluding hydrogens is 474 g/mol. The zero-order valence-corrected chi connectivity index (χ0v) is 21.3. The molecule has 0 aliphatic rings. The Labute approximate surface area is 211 Å². The fourth-order valence-electron chi connectivity index (χ4n) is 3.27. The lowest BCUT2D eigenvalue weighted by molar-refractivity contribution is -0.145. The minimum Gasteiger partial charge on any atom is -0.480 e. The quantitative estimate of drug-likeness (QED) is 0.195. The smallest absolute Gasteiger partial charge is 0.480 e. The Morgan fingerprint density at radius 2 is 1.47 bits per heavy atom. The van der Waals surface area contributed by atoms with E-state index in [-0.39, 0.29) is 43.7 Å². The molecule has 2 unspecified atom stereocenters. The van der Waals surface area contributed by atoms with Gasteiger partial charge in [-0.25, -0.2) is 9.59 Å². The Balaban J connectivity index is 3.27. The van der Waals surface area contributed by atoms with Crippen molar-refractivity contribution < 1.29 is 48.0 Å². The van der Waals surface area contributed by atoms with Crippen LogP contribution in [0, 0.1) is 5.92 Å². The van der Waals surface area contributed by atoms with E-state index in [9.17, 15) is 24.3 Å². The van der Waals surface area contributed by atoms with Crippen LogP contribution in [0.25, 0.3) is 0 Å². The Hall–Kier alpha value is -3.34. The number of benzene rings is 1. The molecule has 0 aromatic heterocycles. The number of nitrogens with two attached hydrogens (primary N) is 1. The first-order valence-electron chi connectivity index (χ1n) is 12.1. The molecule has 0 aliphatic heterocycles. The standard InChI is InChI=1S/C25H37NO10/c1-5-8-9-20(27)34-15-16(4)21(22(26)23(28)29)17-10-11-18(35-24(30)32-12-6-2)19(14-17)36-25(31)33-13-7-3/h10-11,14,16,21-22H,5-9,12-13,15,26H2,1-4H3,(H,28,29)/t16?,21?,22-/m0/s1. The molecule has 0 heterocycles. The van der Waals surface area contributed by atoms with Gasteiger partial charge < -0.3 is 34.5 Å². The fraction of sp³-hybridized carbons (Fsp3) is 0.600. The predicted molar refractivity (Wildman–Crippen MR) is 129 cm³/mol. The largest absolute Gasteiger partial charge is 0.513 e. The number of hydrogen-bond acceptors (Lipinski definition) is 10. The molecule has 1 rings (SSSR count). The van der Waals surface area contributed by atoms with E-state index in [4.69, 9.17) is 29.4 Å². The van der Waals surface area contributed by atoms with Crippen molar-refractivity contribution in [3.63, 3.8) is 0 Å². The van der Waals surface area contributed by atoms with E-state index >= 15 is 0 Å². The molecule has 11 heteroatoms. The maximum Gasteiger partial charge on any atom is 0.513 e. The number of ether oxygens (including phenoxy) is 5. The number of carboxylic acids is 1. The number of hydrogen-bond donors (Lipinski definition) is 2. The third kappa shape index (κ3) is 10.5. The zero-order valence-electron chi connectivity index (χ0n) is 21.3. The van der Waals surface area contributed by atoms with Gasteiger partial charge in [-0.1, -0.05) is 40.2 Å². The molecule has 0 amide bonds. The summed E-state index contributed by atoms with van der Waals surface area (Å²) in [4.78, 5) is 47.8. The molecule has 0 radical (unpaired) electrons. The summed E-state index contributed by atoms with van der Waals surface area (Å²) in [7, 11) is 0. The maximum atomic E-state index is 12.1. The molecule has 0 spiro atoms. The highest BCUT2D eigenvalue weighted by Gasteiger charge is 2.33. The van der Waals surface area contributed by atoms with Crippen molar-refractivity contribution in [2.75, 3.05) is 19.8 Å². The average Bonchev–Trinajstić information content (AvgIpc) is 2.85. The molecule has 3 atom stereocenters. The van der Waals surface area contributed by atoms with Crippen LogP contribution in [0.3, 0.4) is 0 Å². The van der Waals surface area contributed by atoms with E-state index in [1.807, 2.05) is 13.8 Å². The topological polar surface area (TPSA) is 161 Å². The lowest BCUT2D eigenvalue weighted by Gasteiger charge is -2.28. The number of carboxylic acid groups (broad SMARTS) is 1. The zero-order chi connectivity index (χ0) is 27.1. The van der Waals surface area contributed by atoms with E-state index in [0.29, 0.717) is 24.8 Å². The number of carbonyl (C=O) groups is 4. The Morgan fingerprint density at radius 3 is 2.00 bits per heavy atom. The molecule has 1 aromatic rings. The highest BCUT2D eigenvalue weighted by atomic mass is 16.7. The molecule has 0 saturated heterocycles. The highest BCUT2D eigenvalue weighted by molar-refractivity contribution is 5.75. The van der Waals surface area contributed by atoms with Crippen LogP contribution in [0.5, 0.6) is 11.5 Å². The average molecular weight is 512 g/mol. The summed E-state index contributed by atoms with van der Waals surface area (Å²) < 4.78 is 25.6. The molecule has 0 saturated carbocycles. The SMILES string of the molecule is CCCCC(=O)OCC(C)C(c1ccc(OC(=O)OCCC)c(OC(=O)OCCC)c1)[C@H](N)C(=O)O. The van der Waals surface area contributed by atoms with Crippen molar-refractivity contribution in [3.8, 4) is 11.5 Å². The van der Waals surface area contributed by atoms with Crippen molar-refractivity contribution in [2.24, 2.45) is 11.7 Å². The third-order valence-corrected chi connectivity index (χ3v) is 5.11. The van der Waals surface area contributed by atoms with Gasteiger partial charge in [0.15, 0.2) is 11.5 Å². The number of rotatable bonds is 15. The summed E-state index contributed by atoms with van der Waals surface area (Å²) in [6.07, 6.45) is 0.892. The van der Waals surface area contributed by atoms with Crippen LogP contribution in [-0.2, 0) is 23.8 Å². The molecule has 36 heavy (non-hydrogen) atoms. The van der Waals surface area contributed by atoms with Gasteiger partial charge in [0.25, 0.3) is 0 Å². The molecular formula is C25H37NO10. The number of unbranched alkanes of at least 4 members (excludes halogenated alkanes) is 1. The summed E-state index contributed by atoms with van der Waals surface area (Å²) in [6, 6.07) is 2.82. The van der Waals surface area contributed by atoms with Gasteiger partial charge in [0.2, 0.25) is 0 Å². The summed E-state index contributed by atoms with van der Waals surface area (Å²) >= 11 is 0. The van der Waals surface area contributed by atoms with E-state index in [1.165, 1.54) is 18.2 Å². The van der Waals surface area contributed by atoms with E-state index in [2.05, 4.69) is 0 Å². The van der Waals surface area contributed by atoms with Crippen LogP contribution in [0.4, 0.5) is 9.59 Å². The lowest BCUT2D eigenvalue weighted by Crippen LogP contribution is -2.40. The van der Waals surface area contributed by atoms with Crippen LogP contribution in [-0.4, -0.2) is 55.2 Å². The van der Waals surface area contributed by atoms with E-state index < -0.39 is 36.2 Å². The second-order valence-corrected chi connectivity index (χ2v) is 8.26. The number of carbonyl (C=O) groups excluding carboxylic acids is 3. The summed E-state index contributed by atoms with van der Waals surface area (Å²) in [5.74, 6) is -3.31. The first-order chi connectivity index (χ1) is 17.1. The maximum absolute atomic E-state index is 12.1. The normalized spacial score (nSPS) is 13.1. The van der Waals surface area contributed by atoms with Gasteiger partial charge in [-0.15, -0.1) is 0 Å². The molecule has 0 aliphatic carbocycles. The molecule has 0 bridgehead atoms. The molecule has 1 aromatic carbocycles. The van der Waals surface area contributed by atoms with Gasteiger partial charge in [-0.2, -0.15) is 0 Å². The fourth-order valence-corrected chi connectivity index (χ4v) is 3.27. The van der Waals surface area contributed by atoms with Gasteiger partial charge in [0, 0.05) is 12.3 Å². The second-order valence-electron chi connectivity index (χ2n) is 8.26. The van der Waals surface area contributed by atoms with Crippen molar-refractivity contribution >= 4 is 24.2 Å². The van der Waals surface area contributed by atoms with Crippen LogP contribution >= 0.6 is 0 Å². The van der Waals surface area contributed by atoms with E-state index in [0.717, 1.165) is 6.42 Å². The predicted octanol–water partition coefficient (Wildman–Crippen LogP) is 4.40. The van der Waals surface area contributed by atoms with Gasteiger partial charge in [-0.3, -0.25) is 9.59 Å². The highest BCUT2D eigenvalue weighted by Crippen LogP contribution is 2.36. The number of aliphatic carboxylic acids is 1. The van der Waals surface area contributed by atoms with Gasteiger partial charge in [0.05, 0.1) is 19.8 Å². The minimum atomic E-state index is -1.37. The molecule has 11 nitrogen and oxygen atoms in total. The Morgan fingerprint density at radius 1 is 0.889 bits per heavy atom. The minimum absolute atomic E-state index is 0.0650. The summed E-state index contributed by atoms with van der Waals surface area (Å²) in [5, 5.41) is 9.60. The molecule has 3 N–H and O–H groups in total. The van der Waals surface area contributed by atoms with Gasteiger partial charge in [-0.05, 0) is 42.9 Å².